The van der Waals surface area contributed by atoms with Crippen LogP contribution in [0.5, 0.6) is 0 Å². The summed E-state index contributed by atoms with van der Waals surface area (Å²) in [5.74, 6) is -2.55. The Balaban J connectivity index is 1.80. The molecule has 0 unspecified atom stereocenters. The second kappa shape index (κ2) is 8.27. The summed E-state index contributed by atoms with van der Waals surface area (Å²) in [5.41, 5.74) is 0.936. The molecule has 0 radical (unpaired) electrons. The van der Waals surface area contributed by atoms with Crippen LogP contribution in [0.2, 0.25) is 0 Å². The molecule has 166 valence electrons. The smallest absolute Gasteiger partial charge is 0.266 e. The Labute approximate surface area is 183 Å². The third kappa shape index (κ3) is 3.93. The van der Waals surface area contributed by atoms with Crippen molar-refractivity contribution in [3.05, 3.63) is 88.5 Å². The van der Waals surface area contributed by atoms with Crippen LogP contribution in [-0.2, 0) is 16.6 Å². The first-order valence-electron chi connectivity index (χ1n) is 9.70. The molecule has 0 saturated heterocycles. The van der Waals surface area contributed by atoms with Gasteiger partial charge in [-0.25, -0.2) is 31.3 Å². The van der Waals surface area contributed by atoms with Crippen molar-refractivity contribution in [3.63, 3.8) is 0 Å². The molecule has 32 heavy (non-hydrogen) atoms. The molecule has 0 amide bonds. The molecule has 0 saturated carbocycles. The highest BCUT2D eigenvalue weighted by molar-refractivity contribution is 7.90. The SMILES string of the molecule is Cc1c(F)cccc1[C@@H](C)c1c(F)ccc2c1NC(=NCc1ncccc1F)NS2(=O)=O. The molecule has 6 nitrogen and oxygen atoms in total. The van der Waals surface area contributed by atoms with Crippen molar-refractivity contribution in [1.29, 1.82) is 0 Å². The summed E-state index contributed by atoms with van der Waals surface area (Å²) in [6.45, 7) is 3.00. The molecule has 0 aliphatic carbocycles. The van der Waals surface area contributed by atoms with Gasteiger partial charge >= 0.3 is 0 Å². The highest BCUT2D eigenvalue weighted by Crippen LogP contribution is 2.39. The van der Waals surface area contributed by atoms with Gasteiger partial charge in [0.2, 0.25) is 5.96 Å². The van der Waals surface area contributed by atoms with Crippen LogP contribution < -0.4 is 10.0 Å². The second-order valence-corrected chi connectivity index (χ2v) is 8.99. The Hall–Kier alpha value is -3.40. The standard InChI is InChI=1S/C22H19F3N4O2S/c1-12-14(5-3-6-15(12)23)13(2)20-17(25)8-9-19-21(20)28-22(29-32(19,30)31)27-11-18-16(24)7-4-10-26-18/h3-10,13H,11H2,1-2H3,(H2,27,28,29)/t13-/m1/s1. The lowest BCUT2D eigenvalue weighted by molar-refractivity contribution is 0.584. The van der Waals surface area contributed by atoms with Crippen molar-refractivity contribution in [1.82, 2.24) is 9.71 Å². The highest BCUT2D eigenvalue weighted by atomic mass is 32.2. The van der Waals surface area contributed by atoms with Gasteiger partial charge in [0, 0.05) is 17.7 Å². The predicted molar refractivity (Wildman–Crippen MR) is 114 cm³/mol. The lowest BCUT2D eigenvalue weighted by Crippen LogP contribution is -2.41. The minimum absolute atomic E-state index is 0.000143. The van der Waals surface area contributed by atoms with Crippen LogP contribution in [0.4, 0.5) is 18.9 Å². The fraction of sp³-hybridized carbons (Fsp3) is 0.182. The molecule has 10 heteroatoms. The maximum absolute atomic E-state index is 15.0. The molecule has 1 atom stereocenters. The summed E-state index contributed by atoms with van der Waals surface area (Å²) in [6, 6.07) is 9.32. The number of sulfonamides is 1. The lowest BCUT2D eigenvalue weighted by Gasteiger charge is -2.27. The van der Waals surface area contributed by atoms with Crippen molar-refractivity contribution in [2.75, 3.05) is 5.32 Å². The number of aliphatic imine (C=N–C) groups is 1. The molecule has 1 aliphatic rings. The number of halogens is 3. The number of pyridine rings is 1. The minimum Gasteiger partial charge on any atom is -0.324 e. The first-order chi connectivity index (χ1) is 15.2. The maximum atomic E-state index is 15.0. The molecule has 2 aromatic carbocycles. The van der Waals surface area contributed by atoms with Gasteiger partial charge < -0.3 is 5.32 Å². The predicted octanol–water partition coefficient (Wildman–Crippen LogP) is 4.22. The number of fused-ring (bicyclic) bond motifs is 1. The van der Waals surface area contributed by atoms with Gasteiger partial charge in [0.15, 0.2) is 0 Å². The zero-order valence-electron chi connectivity index (χ0n) is 17.2. The van der Waals surface area contributed by atoms with Gasteiger partial charge in [-0.1, -0.05) is 19.1 Å². The van der Waals surface area contributed by atoms with E-state index >= 15 is 0 Å². The van der Waals surface area contributed by atoms with E-state index in [2.05, 4.69) is 20.0 Å². The summed E-state index contributed by atoms with van der Waals surface area (Å²) in [4.78, 5) is 7.78. The quantitative estimate of drug-likeness (QED) is 0.611. The van der Waals surface area contributed by atoms with E-state index in [9.17, 15) is 21.6 Å². The fourth-order valence-corrected chi connectivity index (χ4v) is 4.84. The molecule has 0 fully saturated rings. The van der Waals surface area contributed by atoms with E-state index in [0.29, 0.717) is 11.1 Å². The van der Waals surface area contributed by atoms with Crippen molar-refractivity contribution in [2.45, 2.75) is 31.2 Å². The number of rotatable bonds is 4. The van der Waals surface area contributed by atoms with Crippen LogP contribution in [0, 0.1) is 24.4 Å². The summed E-state index contributed by atoms with van der Waals surface area (Å²) in [7, 11) is -4.08. The average molecular weight is 460 g/mol. The highest BCUT2D eigenvalue weighted by Gasteiger charge is 2.32. The molecule has 1 aliphatic heterocycles. The van der Waals surface area contributed by atoms with Crippen molar-refractivity contribution >= 4 is 21.7 Å². The van der Waals surface area contributed by atoms with E-state index in [1.165, 1.54) is 30.5 Å². The molecule has 0 bridgehead atoms. The van der Waals surface area contributed by atoms with E-state index in [4.69, 9.17) is 0 Å². The molecular formula is C22H19F3N4O2S. The first kappa shape index (κ1) is 21.8. The number of aromatic nitrogens is 1. The van der Waals surface area contributed by atoms with Crippen LogP contribution in [0.25, 0.3) is 0 Å². The van der Waals surface area contributed by atoms with Crippen LogP contribution in [-0.4, -0.2) is 19.4 Å². The third-order valence-corrected chi connectivity index (χ3v) is 6.73. The molecule has 4 rings (SSSR count). The van der Waals surface area contributed by atoms with Gasteiger partial charge in [0.1, 0.15) is 22.3 Å². The number of guanidine groups is 1. The molecule has 2 heterocycles. The number of nitrogens with zero attached hydrogens (tertiary/aromatic N) is 2. The van der Waals surface area contributed by atoms with E-state index in [-0.39, 0.29) is 34.3 Å². The van der Waals surface area contributed by atoms with Crippen LogP contribution >= 0.6 is 0 Å². The van der Waals surface area contributed by atoms with Gasteiger partial charge in [-0.3, -0.25) is 4.98 Å². The van der Waals surface area contributed by atoms with Crippen molar-refractivity contribution in [2.24, 2.45) is 4.99 Å². The van der Waals surface area contributed by atoms with E-state index in [1.807, 2.05) is 0 Å². The van der Waals surface area contributed by atoms with Gasteiger partial charge in [-0.2, -0.15) is 0 Å². The lowest BCUT2D eigenvalue weighted by atomic mass is 9.88. The molecule has 3 aromatic rings. The molecule has 0 spiro atoms. The summed E-state index contributed by atoms with van der Waals surface area (Å²) < 4.78 is 70.8. The van der Waals surface area contributed by atoms with Gasteiger partial charge in [0.25, 0.3) is 10.0 Å². The Kier molecular flexibility index (Phi) is 5.64. The van der Waals surface area contributed by atoms with Crippen molar-refractivity contribution in [3.8, 4) is 0 Å². The first-order valence-corrected chi connectivity index (χ1v) is 11.2. The van der Waals surface area contributed by atoms with Crippen LogP contribution in [0.1, 0.15) is 35.2 Å². The summed E-state index contributed by atoms with van der Waals surface area (Å²) in [5, 5.41) is 2.81. The van der Waals surface area contributed by atoms with Crippen LogP contribution in [0.15, 0.2) is 58.5 Å². The van der Waals surface area contributed by atoms with Crippen LogP contribution in [0.3, 0.4) is 0 Å². The summed E-state index contributed by atoms with van der Waals surface area (Å²) in [6.07, 6.45) is 1.39. The van der Waals surface area contributed by atoms with Crippen molar-refractivity contribution < 1.29 is 21.6 Å². The monoisotopic (exact) mass is 460 g/mol. The topological polar surface area (TPSA) is 83.4 Å². The largest absolute Gasteiger partial charge is 0.324 e. The molecular weight excluding hydrogens is 441 g/mol. The summed E-state index contributed by atoms with van der Waals surface area (Å²) >= 11 is 0. The normalized spacial score (nSPS) is 16.7. The average Bonchev–Trinajstić information content (AvgIpc) is 2.74. The van der Waals surface area contributed by atoms with Gasteiger partial charge in [-0.05, 0) is 48.4 Å². The molecule has 1 aromatic heterocycles. The Bertz CT molecular complexity index is 1340. The van der Waals surface area contributed by atoms with E-state index in [1.54, 1.807) is 19.9 Å². The third-order valence-electron chi connectivity index (χ3n) is 5.35. The van der Waals surface area contributed by atoms with E-state index in [0.717, 1.165) is 12.1 Å². The number of hydrogen-bond donors (Lipinski definition) is 2. The zero-order valence-corrected chi connectivity index (χ0v) is 18.0. The second-order valence-electron chi connectivity index (χ2n) is 7.34. The zero-order chi connectivity index (χ0) is 23.0. The fourth-order valence-electron chi connectivity index (χ4n) is 3.69. The number of hydrogen-bond acceptors (Lipinski definition) is 4. The number of anilines is 1. The number of nitrogens with one attached hydrogen (secondary N) is 2. The Morgan fingerprint density at radius 2 is 1.78 bits per heavy atom. The minimum atomic E-state index is -4.08. The Morgan fingerprint density at radius 3 is 2.53 bits per heavy atom. The van der Waals surface area contributed by atoms with E-state index < -0.39 is 33.4 Å². The Morgan fingerprint density at radius 1 is 1.03 bits per heavy atom. The molecule has 2 N–H and O–H groups in total. The van der Waals surface area contributed by atoms with Gasteiger partial charge in [-0.15, -0.1) is 0 Å². The maximum Gasteiger partial charge on any atom is 0.266 e. The van der Waals surface area contributed by atoms with Gasteiger partial charge in [0.05, 0.1) is 17.9 Å². The number of benzene rings is 2.